The fourth-order valence-corrected chi connectivity index (χ4v) is 5.91. The Morgan fingerprint density at radius 2 is 1.56 bits per heavy atom. The first-order valence-corrected chi connectivity index (χ1v) is 14.7. The van der Waals surface area contributed by atoms with Gasteiger partial charge in [-0.3, -0.25) is 24.4 Å². The van der Waals surface area contributed by atoms with Crippen LogP contribution < -0.4 is 15.1 Å². The molecule has 1 saturated heterocycles. The van der Waals surface area contributed by atoms with Crippen molar-refractivity contribution in [3.05, 3.63) is 102 Å². The summed E-state index contributed by atoms with van der Waals surface area (Å²) >= 11 is 0. The van der Waals surface area contributed by atoms with Crippen LogP contribution in [0.3, 0.4) is 0 Å². The van der Waals surface area contributed by atoms with Crippen LogP contribution in [0.1, 0.15) is 23.6 Å². The monoisotopic (exact) mass is 570 g/mol. The van der Waals surface area contributed by atoms with Crippen LogP contribution in [0.4, 0.5) is 17.1 Å². The molecule has 0 unspecified atom stereocenters. The van der Waals surface area contributed by atoms with Crippen LogP contribution in [-0.4, -0.2) is 57.8 Å². The minimum Gasteiger partial charge on any atom is -0.367 e. The Morgan fingerprint density at radius 1 is 0.791 bits per heavy atom. The average molecular weight is 571 g/mol. The lowest BCUT2D eigenvalue weighted by molar-refractivity contribution is -0.137. The van der Waals surface area contributed by atoms with Gasteiger partial charge < -0.3 is 9.88 Å². The van der Waals surface area contributed by atoms with Gasteiger partial charge in [-0.1, -0.05) is 43.3 Å². The number of carbonyl (C=O) groups excluding carboxylic acids is 2. The third-order valence-electron chi connectivity index (χ3n) is 8.32. The van der Waals surface area contributed by atoms with Crippen LogP contribution in [0.15, 0.2) is 85.2 Å². The van der Waals surface area contributed by atoms with E-state index in [4.69, 9.17) is 4.98 Å². The number of hydrogen-bond acceptors (Lipinski definition) is 6. The SMILES string of the molecule is CCc1ccc(-c2nc3cccc(N4CCN(Cc5ccc6c(c5)[N]C(=O)C(=O)N6Cc5ccncc5)CC4)c3[nH]2)cc1. The van der Waals surface area contributed by atoms with Gasteiger partial charge in [-0.15, -0.1) is 0 Å². The van der Waals surface area contributed by atoms with Crippen LogP contribution in [0.5, 0.6) is 0 Å². The average Bonchev–Trinajstić information content (AvgIpc) is 3.49. The molecule has 43 heavy (non-hydrogen) atoms. The van der Waals surface area contributed by atoms with Gasteiger partial charge in [-0.2, -0.15) is 0 Å². The zero-order valence-corrected chi connectivity index (χ0v) is 24.0. The molecule has 0 bridgehead atoms. The number of hydrogen-bond donors (Lipinski definition) is 1. The Balaban J connectivity index is 1.03. The molecule has 4 heterocycles. The summed E-state index contributed by atoms with van der Waals surface area (Å²) in [5.74, 6) is -0.454. The Morgan fingerprint density at radius 3 is 2.33 bits per heavy atom. The predicted molar refractivity (Wildman–Crippen MR) is 167 cm³/mol. The fraction of sp³-hybridized carbons (Fsp3) is 0.235. The highest BCUT2D eigenvalue weighted by molar-refractivity contribution is 6.43. The van der Waals surface area contributed by atoms with Crippen LogP contribution in [0.25, 0.3) is 22.4 Å². The molecule has 0 spiro atoms. The summed E-state index contributed by atoms with van der Waals surface area (Å²) in [6.45, 7) is 6.78. The van der Waals surface area contributed by atoms with Gasteiger partial charge in [-0.05, 0) is 59.5 Å². The molecule has 2 aliphatic heterocycles. The molecule has 0 atom stereocenters. The molecule has 2 amide bonds. The van der Waals surface area contributed by atoms with Gasteiger partial charge in [0.25, 0.3) is 0 Å². The number of carbonyl (C=O) groups is 2. The van der Waals surface area contributed by atoms with E-state index in [2.05, 4.69) is 74.5 Å². The molecular weight excluding hydrogens is 538 g/mol. The van der Waals surface area contributed by atoms with E-state index >= 15 is 0 Å². The largest absolute Gasteiger partial charge is 0.367 e. The van der Waals surface area contributed by atoms with Crippen molar-refractivity contribution in [1.29, 1.82) is 0 Å². The molecule has 2 aliphatic rings. The van der Waals surface area contributed by atoms with Gasteiger partial charge in [-0.25, -0.2) is 10.3 Å². The van der Waals surface area contributed by atoms with Crippen molar-refractivity contribution in [2.24, 2.45) is 0 Å². The maximum absolute atomic E-state index is 12.7. The summed E-state index contributed by atoms with van der Waals surface area (Å²) in [6.07, 6.45) is 4.38. The number of fused-ring (bicyclic) bond motifs is 2. The minimum atomic E-state index is -0.735. The number of H-pyrrole nitrogens is 1. The molecular formula is C34H32N7O2. The lowest BCUT2D eigenvalue weighted by atomic mass is 10.1. The maximum Gasteiger partial charge on any atom is 0.336 e. The van der Waals surface area contributed by atoms with Gasteiger partial charge in [0.05, 0.1) is 34.6 Å². The topological polar surface area (TPSA) is 99.5 Å². The Labute approximate surface area is 250 Å². The predicted octanol–water partition coefficient (Wildman–Crippen LogP) is 4.82. The minimum absolute atomic E-state index is 0.298. The van der Waals surface area contributed by atoms with Crippen molar-refractivity contribution in [3.63, 3.8) is 0 Å². The summed E-state index contributed by atoms with van der Waals surface area (Å²) < 4.78 is 0. The number of imidazole rings is 1. The van der Waals surface area contributed by atoms with Crippen molar-refractivity contribution < 1.29 is 9.59 Å². The van der Waals surface area contributed by atoms with E-state index in [1.165, 1.54) is 16.2 Å². The number of benzene rings is 3. The Kier molecular flexibility index (Phi) is 7.08. The van der Waals surface area contributed by atoms with E-state index in [1.54, 1.807) is 12.4 Å². The fourth-order valence-electron chi connectivity index (χ4n) is 5.91. The van der Waals surface area contributed by atoms with E-state index in [1.807, 2.05) is 30.3 Å². The number of aromatic nitrogens is 3. The number of piperazine rings is 1. The third kappa shape index (κ3) is 5.35. The van der Waals surface area contributed by atoms with E-state index in [-0.39, 0.29) is 0 Å². The van der Waals surface area contributed by atoms with Crippen molar-refractivity contribution >= 4 is 39.9 Å². The highest BCUT2D eigenvalue weighted by Gasteiger charge is 2.33. The number of anilines is 2. The number of nitrogens with one attached hydrogen (secondary N) is 1. The van der Waals surface area contributed by atoms with Gasteiger partial charge in [0.1, 0.15) is 5.82 Å². The van der Waals surface area contributed by atoms with Crippen molar-refractivity contribution in [3.8, 4) is 11.4 Å². The van der Waals surface area contributed by atoms with Gasteiger partial charge in [0.15, 0.2) is 0 Å². The first-order valence-electron chi connectivity index (χ1n) is 14.7. The van der Waals surface area contributed by atoms with Crippen LogP contribution in [0, 0.1) is 0 Å². The van der Waals surface area contributed by atoms with Crippen molar-refractivity contribution in [1.82, 2.24) is 25.2 Å². The van der Waals surface area contributed by atoms with Crippen LogP contribution in [0.2, 0.25) is 0 Å². The molecule has 0 aliphatic carbocycles. The van der Waals surface area contributed by atoms with E-state index in [0.717, 1.165) is 72.7 Å². The molecule has 9 heteroatoms. The highest BCUT2D eigenvalue weighted by Crippen LogP contribution is 2.33. The van der Waals surface area contributed by atoms with E-state index in [0.29, 0.717) is 17.9 Å². The number of aryl methyl sites for hydroxylation is 1. The first-order chi connectivity index (χ1) is 21.1. The second-order valence-electron chi connectivity index (χ2n) is 11.1. The summed E-state index contributed by atoms with van der Waals surface area (Å²) in [6, 6.07) is 24.5. The molecule has 2 aromatic heterocycles. The number of nitrogens with zero attached hydrogens (tertiary/aromatic N) is 6. The highest BCUT2D eigenvalue weighted by atomic mass is 16.2. The zero-order chi connectivity index (χ0) is 29.3. The van der Waals surface area contributed by atoms with Crippen LogP contribution >= 0.6 is 0 Å². The van der Waals surface area contributed by atoms with Crippen molar-refractivity contribution in [2.75, 3.05) is 36.0 Å². The number of para-hydroxylation sites is 1. The number of aromatic amines is 1. The summed E-state index contributed by atoms with van der Waals surface area (Å²) in [4.78, 5) is 44.0. The van der Waals surface area contributed by atoms with Gasteiger partial charge in [0, 0.05) is 50.7 Å². The molecule has 3 aromatic carbocycles. The second-order valence-corrected chi connectivity index (χ2v) is 11.1. The number of amides is 2. The quantitative estimate of drug-likeness (QED) is 0.282. The van der Waals surface area contributed by atoms with E-state index < -0.39 is 11.8 Å². The molecule has 0 saturated carbocycles. The summed E-state index contributed by atoms with van der Waals surface area (Å²) in [5.41, 5.74) is 8.78. The lowest BCUT2D eigenvalue weighted by Gasteiger charge is -2.36. The Hall–Kier alpha value is -5.02. The first kappa shape index (κ1) is 26.9. The standard InChI is InChI=1S/C34H32N7O2/c1-2-23-6-9-26(10-7-23)32-36-27-4-3-5-30(31(27)38-32)40-18-16-39(17-19-40)21-25-8-11-29-28(20-25)37-33(42)34(43)41(29)22-24-12-14-35-15-13-24/h3-15,20H,2,16-19,21-22H2,1H3,(H,36,38). The second kappa shape index (κ2) is 11.3. The summed E-state index contributed by atoms with van der Waals surface area (Å²) in [7, 11) is 0. The smallest absolute Gasteiger partial charge is 0.336 e. The summed E-state index contributed by atoms with van der Waals surface area (Å²) in [5, 5.41) is 4.11. The normalized spacial score (nSPS) is 15.6. The zero-order valence-electron chi connectivity index (χ0n) is 24.0. The molecule has 1 radical (unpaired) electrons. The Bertz CT molecular complexity index is 1790. The maximum atomic E-state index is 12.7. The van der Waals surface area contributed by atoms with E-state index in [9.17, 15) is 9.59 Å². The third-order valence-corrected chi connectivity index (χ3v) is 8.32. The molecule has 5 aromatic rings. The van der Waals surface area contributed by atoms with Gasteiger partial charge >= 0.3 is 11.8 Å². The molecule has 1 N–H and O–H groups in total. The molecule has 1 fully saturated rings. The number of pyridine rings is 1. The lowest BCUT2D eigenvalue weighted by Crippen LogP contribution is -2.46. The molecule has 215 valence electrons. The van der Waals surface area contributed by atoms with Gasteiger partial charge in [0.2, 0.25) is 0 Å². The molecule has 7 rings (SSSR count). The van der Waals surface area contributed by atoms with Crippen molar-refractivity contribution in [2.45, 2.75) is 26.4 Å². The van der Waals surface area contributed by atoms with Crippen LogP contribution in [-0.2, 0) is 29.1 Å². The number of rotatable bonds is 7. The molecule has 9 nitrogen and oxygen atoms in total.